The average Bonchev–Trinajstić information content (AvgIpc) is 3.86. The smallest absolute Gasteiger partial charge is 0.144 e. The van der Waals surface area contributed by atoms with E-state index < -0.39 is 0 Å². The Labute approximate surface area is 339 Å². The van der Waals surface area contributed by atoms with E-state index in [9.17, 15) is 0 Å². The van der Waals surface area contributed by atoms with Crippen molar-refractivity contribution in [2.45, 2.75) is 0 Å². The molecule has 0 saturated heterocycles. The van der Waals surface area contributed by atoms with Gasteiger partial charge in [-0.3, -0.25) is 0 Å². The molecule has 12 aromatic rings. The molecule has 0 aliphatic rings. The third-order valence-corrected chi connectivity index (χ3v) is 13.1. The highest BCUT2D eigenvalue weighted by Crippen LogP contribution is 2.48. The van der Waals surface area contributed by atoms with Crippen LogP contribution in [0.1, 0.15) is 0 Å². The van der Waals surface area contributed by atoms with Gasteiger partial charge in [0, 0.05) is 36.3 Å². The van der Waals surface area contributed by atoms with Crippen LogP contribution in [0.3, 0.4) is 0 Å². The van der Waals surface area contributed by atoms with Crippen LogP contribution in [0.4, 0.5) is 0 Å². The summed E-state index contributed by atoms with van der Waals surface area (Å²) in [4.78, 5) is 0. The van der Waals surface area contributed by atoms with Gasteiger partial charge in [0.25, 0.3) is 0 Å². The highest BCUT2D eigenvalue weighted by molar-refractivity contribution is 7.27. The van der Waals surface area contributed by atoms with Gasteiger partial charge in [0.05, 0.1) is 0 Å². The first kappa shape index (κ1) is 32.9. The van der Waals surface area contributed by atoms with Crippen LogP contribution in [0, 0.1) is 0 Å². The molecule has 0 atom stereocenters. The van der Waals surface area contributed by atoms with Crippen molar-refractivity contribution in [3.63, 3.8) is 0 Å². The van der Waals surface area contributed by atoms with E-state index in [4.69, 9.17) is 4.42 Å². The fraction of sp³-hybridized carbons (Fsp3) is 0. The minimum absolute atomic E-state index is 0.935. The Morgan fingerprint density at radius 2 is 0.810 bits per heavy atom. The summed E-state index contributed by atoms with van der Waals surface area (Å²) >= 11 is 1.87. The molecule has 0 amide bonds. The summed E-state index contributed by atoms with van der Waals surface area (Å²) in [5, 5.41) is 14.7. The lowest BCUT2D eigenvalue weighted by atomic mass is 9.93. The number of hydrogen-bond donors (Lipinski definition) is 0. The molecule has 10 aromatic carbocycles. The zero-order valence-electron chi connectivity index (χ0n) is 31.4. The fourth-order valence-corrected chi connectivity index (χ4v) is 10.4. The maximum atomic E-state index is 6.52. The van der Waals surface area contributed by atoms with Crippen LogP contribution in [0.2, 0.25) is 0 Å². The number of furan rings is 1. The highest BCUT2D eigenvalue weighted by Gasteiger charge is 2.20. The van der Waals surface area contributed by atoms with Crippen molar-refractivity contribution in [1.82, 2.24) is 0 Å². The number of fused-ring (bicyclic) bond motifs is 13. The lowest BCUT2D eigenvalue weighted by Gasteiger charge is -2.11. The number of thiophene rings is 1. The predicted molar refractivity (Wildman–Crippen MR) is 251 cm³/mol. The van der Waals surface area contributed by atoms with Crippen LogP contribution < -0.4 is 0 Å². The second kappa shape index (κ2) is 13.2. The first-order valence-corrected chi connectivity index (χ1v) is 20.6. The molecule has 2 heteroatoms. The Morgan fingerprint density at radius 1 is 0.310 bits per heavy atom. The molecule has 0 N–H and O–H groups in total. The largest absolute Gasteiger partial charge is 0.455 e. The van der Waals surface area contributed by atoms with Crippen molar-refractivity contribution < 1.29 is 4.42 Å². The van der Waals surface area contributed by atoms with Crippen molar-refractivity contribution >= 4 is 96.5 Å². The Balaban J connectivity index is 0.997. The molecule has 0 radical (unpaired) electrons. The van der Waals surface area contributed by atoms with Crippen LogP contribution in [0.15, 0.2) is 211 Å². The molecule has 0 saturated carbocycles. The van der Waals surface area contributed by atoms with Crippen molar-refractivity contribution in [3.05, 3.63) is 206 Å². The van der Waals surface area contributed by atoms with E-state index in [0.29, 0.717) is 0 Å². The van der Waals surface area contributed by atoms with Crippen molar-refractivity contribution in [2.24, 2.45) is 0 Å². The van der Waals surface area contributed by atoms with Crippen LogP contribution in [-0.2, 0) is 0 Å². The van der Waals surface area contributed by atoms with Gasteiger partial charge in [0.1, 0.15) is 11.2 Å². The third kappa shape index (κ3) is 5.23. The van der Waals surface area contributed by atoms with E-state index in [1.54, 1.807) is 0 Å². The van der Waals surface area contributed by atoms with Gasteiger partial charge in [-0.15, -0.1) is 11.3 Å². The molecule has 0 spiro atoms. The Bertz CT molecular complexity index is 3700. The van der Waals surface area contributed by atoms with E-state index >= 15 is 0 Å². The molecule has 0 aliphatic heterocycles. The molecule has 0 fully saturated rings. The molecular formula is C56H34OS. The SMILES string of the molecule is c1cccc(-c2ccc3cc(-c4ccc5sc6c(c5c4)c4ccccc4c4oc5ccccc5c46)ccc3c2)c2ccccc2c(-c2ccc3ccccc3c2)cc1. The lowest BCUT2D eigenvalue weighted by molar-refractivity contribution is 0.673. The van der Waals surface area contributed by atoms with Gasteiger partial charge in [-0.1, -0.05) is 170 Å². The monoisotopic (exact) mass is 754 g/mol. The fourth-order valence-electron chi connectivity index (χ4n) is 9.10. The van der Waals surface area contributed by atoms with Crippen molar-refractivity contribution in [2.75, 3.05) is 0 Å². The van der Waals surface area contributed by atoms with Crippen LogP contribution in [0.5, 0.6) is 0 Å². The lowest BCUT2D eigenvalue weighted by Crippen LogP contribution is -1.85. The van der Waals surface area contributed by atoms with E-state index in [2.05, 4.69) is 206 Å². The van der Waals surface area contributed by atoms with E-state index in [1.165, 1.54) is 102 Å². The molecule has 0 aliphatic carbocycles. The minimum Gasteiger partial charge on any atom is -0.455 e. The second-order valence-corrected chi connectivity index (χ2v) is 16.2. The molecule has 0 unspecified atom stereocenters. The normalized spacial score (nSPS) is 11.8. The summed E-state index contributed by atoms with van der Waals surface area (Å²) in [6.07, 6.45) is 0. The summed E-state index contributed by atoms with van der Waals surface area (Å²) in [6, 6.07) is 75.2. The molecule has 1 nitrogen and oxygen atoms in total. The zero-order chi connectivity index (χ0) is 38.2. The summed E-state index contributed by atoms with van der Waals surface area (Å²) in [6.45, 7) is 0. The van der Waals surface area contributed by atoms with Gasteiger partial charge in [-0.2, -0.15) is 0 Å². The zero-order valence-corrected chi connectivity index (χ0v) is 32.3. The first-order chi connectivity index (χ1) is 28.7. The summed E-state index contributed by atoms with van der Waals surface area (Å²) in [7, 11) is 0. The standard InChI is InChI=1S/C56H34OS/c1-2-4-16-44(46-18-8-7-17-45(46)43(15-3-1)41-27-23-35-13-5-6-14-36(35)32-41)42-28-26-37-31-38(24-25-39(37)33-42)40-29-30-52-50(34-40)53-47-19-9-10-20-48(47)55-54(56(53)58-52)49-21-11-12-22-51(49)57-55/h1-34H. The molecule has 12 rings (SSSR count). The van der Waals surface area contributed by atoms with E-state index in [0.717, 1.165) is 16.6 Å². The van der Waals surface area contributed by atoms with E-state index in [1.807, 2.05) is 11.3 Å². The third-order valence-electron chi connectivity index (χ3n) is 11.9. The summed E-state index contributed by atoms with van der Waals surface area (Å²) < 4.78 is 9.10. The number of hydrogen-bond acceptors (Lipinski definition) is 2. The summed E-state index contributed by atoms with van der Waals surface area (Å²) in [5.41, 5.74) is 9.13. The van der Waals surface area contributed by atoms with Gasteiger partial charge in [-0.05, 0) is 107 Å². The minimum atomic E-state index is 0.935. The van der Waals surface area contributed by atoms with Gasteiger partial charge in [0.2, 0.25) is 0 Å². The number of para-hydroxylation sites is 1. The molecule has 58 heavy (non-hydrogen) atoms. The van der Waals surface area contributed by atoms with Crippen LogP contribution >= 0.6 is 11.3 Å². The highest BCUT2D eigenvalue weighted by atomic mass is 32.1. The number of rotatable bonds is 3. The Morgan fingerprint density at radius 3 is 1.53 bits per heavy atom. The van der Waals surface area contributed by atoms with E-state index in [-0.39, 0.29) is 0 Å². The quantitative estimate of drug-likeness (QED) is 0.175. The predicted octanol–water partition coefficient (Wildman–Crippen LogP) is 16.7. The molecule has 2 heterocycles. The molecular weight excluding hydrogens is 721 g/mol. The Kier molecular flexibility index (Phi) is 7.47. The van der Waals surface area contributed by atoms with Gasteiger partial charge in [0.15, 0.2) is 0 Å². The van der Waals surface area contributed by atoms with Crippen molar-refractivity contribution in [3.8, 4) is 33.4 Å². The number of benzene rings is 9. The van der Waals surface area contributed by atoms with Gasteiger partial charge >= 0.3 is 0 Å². The van der Waals surface area contributed by atoms with Gasteiger partial charge < -0.3 is 4.42 Å². The first-order valence-electron chi connectivity index (χ1n) is 19.8. The van der Waals surface area contributed by atoms with Crippen molar-refractivity contribution in [1.29, 1.82) is 0 Å². The average molecular weight is 755 g/mol. The molecule has 270 valence electrons. The van der Waals surface area contributed by atoms with Gasteiger partial charge in [-0.25, -0.2) is 0 Å². The maximum absolute atomic E-state index is 6.52. The second-order valence-electron chi connectivity index (χ2n) is 15.2. The van der Waals surface area contributed by atoms with Crippen LogP contribution in [0.25, 0.3) is 119 Å². The molecule has 0 bridgehead atoms. The molecule has 2 aromatic heterocycles. The topological polar surface area (TPSA) is 13.1 Å². The summed E-state index contributed by atoms with van der Waals surface area (Å²) in [5.74, 6) is 0. The van der Waals surface area contributed by atoms with Crippen LogP contribution in [-0.4, -0.2) is 0 Å². The maximum Gasteiger partial charge on any atom is 0.144 e. The Hall–Kier alpha value is -7.26.